The van der Waals surface area contributed by atoms with Crippen molar-refractivity contribution >= 4 is 33.3 Å². The number of hydrogen-bond acceptors (Lipinski definition) is 5. The average Bonchev–Trinajstić information content (AvgIpc) is 2.34. The molecule has 2 aromatic rings. The molecule has 0 aliphatic heterocycles. The molecule has 0 spiro atoms. The van der Waals surface area contributed by atoms with Crippen LogP contribution in [0.15, 0.2) is 35.5 Å². The smallest absolute Gasteiger partial charge is 0.259 e. The van der Waals surface area contributed by atoms with Crippen LogP contribution in [0.1, 0.15) is 10.4 Å². The zero-order valence-corrected chi connectivity index (χ0v) is 10.2. The van der Waals surface area contributed by atoms with Gasteiger partial charge in [-0.25, -0.2) is 15.0 Å². The SMILES string of the molecule is Nc1cnc(NC(=O)c2cncnc2)c(Br)c1. The molecule has 17 heavy (non-hydrogen) atoms. The fourth-order valence-electron chi connectivity index (χ4n) is 1.14. The minimum Gasteiger partial charge on any atom is -0.397 e. The van der Waals surface area contributed by atoms with Crippen LogP contribution in [0.3, 0.4) is 0 Å². The molecule has 0 atom stereocenters. The lowest BCUT2D eigenvalue weighted by atomic mass is 10.3. The van der Waals surface area contributed by atoms with Crippen LogP contribution in [0.2, 0.25) is 0 Å². The Hall–Kier alpha value is -2.02. The van der Waals surface area contributed by atoms with Crippen LogP contribution in [-0.2, 0) is 0 Å². The fraction of sp³-hybridized carbons (Fsp3) is 0. The summed E-state index contributed by atoms with van der Waals surface area (Å²) >= 11 is 3.26. The van der Waals surface area contributed by atoms with E-state index in [1.807, 2.05) is 0 Å². The van der Waals surface area contributed by atoms with Gasteiger partial charge in [0.2, 0.25) is 0 Å². The lowest BCUT2D eigenvalue weighted by Gasteiger charge is -2.06. The Kier molecular flexibility index (Phi) is 3.29. The zero-order valence-electron chi connectivity index (χ0n) is 8.59. The highest BCUT2D eigenvalue weighted by Gasteiger charge is 2.09. The standard InChI is InChI=1S/C10H8BrN5O/c11-8-1-7(12)4-15-9(8)16-10(17)6-2-13-5-14-3-6/h1-5H,12H2,(H,15,16,17). The molecule has 0 aliphatic rings. The van der Waals surface area contributed by atoms with Crippen LogP contribution >= 0.6 is 15.9 Å². The maximum absolute atomic E-state index is 11.8. The number of pyridine rings is 1. The Balaban J connectivity index is 2.19. The molecule has 1 amide bonds. The molecule has 2 rings (SSSR count). The van der Waals surface area contributed by atoms with Gasteiger partial charge in [-0.3, -0.25) is 4.79 Å². The van der Waals surface area contributed by atoms with Gasteiger partial charge >= 0.3 is 0 Å². The second kappa shape index (κ2) is 4.88. The minimum atomic E-state index is -0.330. The van der Waals surface area contributed by atoms with Crippen LogP contribution in [0.25, 0.3) is 0 Å². The van der Waals surface area contributed by atoms with Crippen molar-refractivity contribution in [3.05, 3.63) is 41.0 Å². The number of anilines is 2. The molecule has 6 nitrogen and oxygen atoms in total. The normalized spacial score (nSPS) is 9.94. The van der Waals surface area contributed by atoms with Crippen molar-refractivity contribution in [3.8, 4) is 0 Å². The van der Waals surface area contributed by atoms with Crippen molar-refractivity contribution in [2.24, 2.45) is 0 Å². The van der Waals surface area contributed by atoms with E-state index in [-0.39, 0.29) is 5.91 Å². The lowest BCUT2D eigenvalue weighted by Crippen LogP contribution is -2.14. The van der Waals surface area contributed by atoms with Crippen molar-refractivity contribution in [1.82, 2.24) is 15.0 Å². The molecule has 2 aromatic heterocycles. The number of nitrogens with two attached hydrogens (primary N) is 1. The summed E-state index contributed by atoms with van der Waals surface area (Å²) in [4.78, 5) is 23.3. The summed E-state index contributed by atoms with van der Waals surface area (Å²) in [5, 5.41) is 2.62. The van der Waals surface area contributed by atoms with Crippen molar-refractivity contribution in [1.29, 1.82) is 0 Å². The molecule has 86 valence electrons. The number of rotatable bonds is 2. The van der Waals surface area contributed by atoms with E-state index in [1.165, 1.54) is 24.9 Å². The summed E-state index contributed by atoms with van der Waals surface area (Å²) in [6, 6.07) is 1.66. The topological polar surface area (TPSA) is 93.8 Å². The largest absolute Gasteiger partial charge is 0.397 e. The summed E-state index contributed by atoms with van der Waals surface area (Å²) in [7, 11) is 0. The first-order chi connectivity index (χ1) is 8.16. The van der Waals surface area contributed by atoms with E-state index in [1.54, 1.807) is 6.07 Å². The molecule has 0 saturated carbocycles. The minimum absolute atomic E-state index is 0.330. The Morgan fingerprint density at radius 3 is 2.65 bits per heavy atom. The second-order valence-electron chi connectivity index (χ2n) is 3.18. The Bertz CT molecular complexity index is 546. The number of carbonyl (C=O) groups is 1. The zero-order chi connectivity index (χ0) is 12.3. The van der Waals surface area contributed by atoms with Crippen molar-refractivity contribution in [2.75, 3.05) is 11.1 Å². The number of nitrogens with zero attached hydrogens (tertiary/aromatic N) is 3. The van der Waals surface area contributed by atoms with Crippen molar-refractivity contribution in [3.63, 3.8) is 0 Å². The highest BCUT2D eigenvalue weighted by molar-refractivity contribution is 9.10. The average molecular weight is 294 g/mol. The lowest BCUT2D eigenvalue weighted by molar-refractivity contribution is 0.102. The molecule has 0 aliphatic carbocycles. The number of nitrogen functional groups attached to an aromatic ring is 1. The first-order valence-corrected chi connectivity index (χ1v) is 5.43. The van der Waals surface area contributed by atoms with E-state index in [9.17, 15) is 4.79 Å². The first kappa shape index (κ1) is 11.5. The van der Waals surface area contributed by atoms with E-state index in [4.69, 9.17) is 5.73 Å². The number of nitrogens with one attached hydrogen (secondary N) is 1. The summed E-state index contributed by atoms with van der Waals surface area (Å²) in [5.41, 5.74) is 6.42. The van der Waals surface area contributed by atoms with Gasteiger partial charge in [-0.05, 0) is 22.0 Å². The summed E-state index contributed by atoms with van der Waals surface area (Å²) in [6.45, 7) is 0. The van der Waals surface area contributed by atoms with Gasteiger partial charge in [0.05, 0.1) is 21.9 Å². The molecular formula is C10H8BrN5O. The maximum Gasteiger partial charge on any atom is 0.259 e. The van der Waals surface area contributed by atoms with E-state index in [0.29, 0.717) is 21.5 Å². The van der Waals surface area contributed by atoms with Crippen LogP contribution in [-0.4, -0.2) is 20.9 Å². The molecule has 0 bridgehead atoms. The van der Waals surface area contributed by atoms with E-state index >= 15 is 0 Å². The summed E-state index contributed by atoms with van der Waals surface area (Å²) in [5.74, 6) is 0.0663. The number of aromatic nitrogens is 3. The van der Waals surface area contributed by atoms with E-state index in [0.717, 1.165) is 0 Å². The predicted octanol–water partition coefficient (Wildman–Crippen LogP) is 1.47. The molecule has 0 radical (unpaired) electrons. The Labute approximate surface area is 105 Å². The third kappa shape index (κ3) is 2.76. The highest BCUT2D eigenvalue weighted by Crippen LogP contribution is 2.22. The number of hydrogen-bond donors (Lipinski definition) is 2. The van der Waals surface area contributed by atoms with Crippen molar-refractivity contribution < 1.29 is 4.79 Å². The Morgan fingerprint density at radius 2 is 2.00 bits per heavy atom. The van der Waals surface area contributed by atoms with Crippen LogP contribution in [0.5, 0.6) is 0 Å². The van der Waals surface area contributed by atoms with Crippen molar-refractivity contribution in [2.45, 2.75) is 0 Å². The summed E-state index contributed by atoms with van der Waals surface area (Å²) < 4.78 is 0.614. The molecule has 3 N–H and O–H groups in total. The van der Waals surface area contributed by atoms with E-state index in [2.05, 4.69) is 36.2 Å². The van der Waals surface area contributed by atoms with Crippen LogP contribution in [0, 0.1) is 0 Å². The highest BCUT2D eigenvalue weighted by atomic mass is 79.9. The molecule has 7 heteroatoms. The quantitative estimate of drug-likeness (QED) is 0.874. The third-order valence-corrected chi connectivity index (χ3v) is 2.52. The third-order valence-electron chi connectivity index (χ3n) is 1.92. The maximum atomic E-state index is 11.8. The van der Waals surface area contributed by atoms with Gasteiger partial charge in [0.15, 0.2) is 0 Å². The van der Waals surface area contributed by atoms with Gasteiger partial charge in [-0.15, -0.1) is 0 Å². The molecule has 2 heterocycles. The van der Waals surface area contributed by atoms with Gasteiger partial charge < -0.3 is 11.1 Å². The number of carbonyl (C=O) groups excluding carboxylic acids is 1. The number of amides is 1. The van der Waals surface area contributed by atoms with Gasteiger partial charge in [0.25, 0.3) is 5.91 Å². The molecule has 0 aromatic carbocycles. The second-order valence-corrected chi connectivity index (χ2v) is 4.03. The molecule has 0 saturated heterocycles. The first-order valence-electron chi connectivity index (χ1n) is 4.64. The predicted molar refractivity (Wildman–Crippen MR) is 66.3 cm³/mol. The van der Waals surface area contributed by atoms with Gasteiger partial charge in [-0.1, -0.05) is 0 Å². The van der Waals surface area contributed by atoms with Gasteiger partial charge in [-0.2, -0.15) is 0 Å². The van der Waals surface area contributed by atoms with E-state index < -0.39 is 0 Å². The van der Waals surface area contributed by atoms with Crippen LogP contribution in [0.4, 0.5) is 11.5 Å². The molecule has 0 fully saturated rings. The molecule has 0 unspecified atom stereocenters. The monoisotopic (exact) mass is 293 g/mol. The fourth-order valence-corrected chi connectivity index (χ4v) is 1.61. The van der Waals surface area contributed by atoms with Gasteiger partial charge in [0.1, 0.15) is 12.1 Å². The van der Waals surface area contributed by atoms with Gasteiger partial charge in [0, 0.05) is 12.4 Å². The molecular weight excluding hydrogens is 286 g/mol. The number of halogens is 1. The van der Waals surface area contributed by atoms with Crippen LogP contribution < -0.4 is 11.1 Å². The summed E-state index contributed by atoms with van der Waals surface area (Å²) in [6.07, 6.45) is 5.66. The Morgan fingerprint density at radius 1 is 1.29 bits per heavy atom.